The number of alkyl halides is 1. The zero-order chi connectivity index (χ0) is 15.2. The Bertz CT molecular complexity index is 690. The van der Waals surface area contributed by atoms with Gasteiger partial charge in [0, 0.05) is 12.3 Å². The lowest BCUT2D eigenvalue weighted by Crippen LogP contribution is -2.44. The molecule has 1 unspecified atom stereocenters. The van der Waals surface area contributed by atoms with Gasteiger partial charge in [-0.15, -0.1) is 4.52 Å². The number of nitrogens with one attached hydrogen (secondary N) is 1. The highest BCUT2D eigenvalue weighted by molar-refractivity contribution is 7.38. The molecule has 2 aliphatic heterocycles. The minimum atomic E-state index is -1.90. The highest BCUT2D eigenvalue weighted by atomic mass is 31.1. The fourth-order valence-electron chi connectivity index (χ4n) is 2.53. The summed E-state index contributed by atoms with van der Waals surface area (Å²) in [6.45, 7) is 1.08. The number of hydrogen-bond acceptors (Lipinski definition) is 6. The van der Waals surface area contributed by atoms with Crippen molar-refractivity contribution in [2.75, 3.05) is 19.9 Å². The average molecular weight is 319 g/mol. The lowest BCUT2D eigenvalue weighted by Gasteiger charge is -2.29. The zero-order valence-corrected chi connectivity index (χ0v) is 11.9. The van der Waals surface area contributed by atoms with Gasteiger partial charge in [0.15, 0.2) is 24.7 Å². The Balaban J connectivity index is 1.89. The van der Waals surface area contributed by atoms with E-state index in [1.165, 1.54) is 12.9 Å². The van der Waals surface area contributed by atoms with Gasteiger partial charge in [-0.2, -0.15) is 0 Å². The van der Waals surface area contributed by atoms with Gasteiger partial charge in [-0.1, -0.05) is 0 Å². The third kappa shape index (κ3) is 2.36. The molecule has 10 heteroatoms. The van der Waals surface area contributed by atoms with E-state index in [1.54, 1.807) is 0 Å². The van der Waals surface area contributed by atoms with Gasteiger partial charge in [-0.25, -0.2) is 9.18 Å². The molecular weight excluding hydrogens is 306 g/mol. The van der Waals surface area contributed by atoms with E-state index in [1.807, 2.05) is 0 Å². The highest BCUT2D eigenvalue weighted by Crippen LogP contribution is 2.47. The van der Waals surface area contributed by atoms with Crippen LogP contribution in [0.25, 0.3) is 0 Å². The molecule has 8 nitrogen and oxygen atoms in total. The molecule has 1 aromatic heterocycles. The summed E-state index contributed by atoms with van der Waals surface area (Å²) >= 11 is 0. The van der Waals surface area contributed by atoms with Crippen LogP contribution in [0.2, 0.25) is 0 Å². The SMILES string of the molecule is C[P+](=O)OC[C@@]12CO[C@@H]([C@H](n3ccc(=O)[nH]c3=O)O1)[C@@H]2F. The molecule has 2 saturated heterocycles. The van der Waals surface area contributed by atoms with Crippen molar-refractivity contribution in [1.82, 2.24) is 9.55 Å². The number of rotatable bonds is 4. The van der Waals surface area contributed by atoms with E-state index in [0.717, 1.165) is 10.6 Å². The van der Waals surface area contributed by atoms with E-state index < -0.39 is 43.4 Å². The van der Waals surface area contributed by atoms with Crippen LogP contribution < -0.4 is 11.2 Å². The summed E-state index contributed by atoms with van der Waals surface area (Å²) in [6, 6.07) is 1.14. The Kier molecular flexibility index (Phi) is 3.53. The molecule has 114 valence electrons. The van der Waals surface area contributed by atoms with Crippen molar-refractivity contribution < 1.29 is 23.0 Å². The van der Waals surface area contributed by atoms with Crippen LogP contribution >= 0.6 is 8.03 Å². The van der Waals surface area contributed by atoms with Crippen LogP contribution in [0.15, 0.2) is 21.9 Å². The highest BCUT2D eigenvalue weighted by Gasteiger charge is 2.64. The van der Waals surface area contributed by atoms with Crippen molar-refractivity contribution in [3.63, 3.8) is 0 Å². The molecule has 0 spiro atoms. The third-order valence-corrected chi connectivity index (χ3v) is 4.06. The predicted molar refractivity (Wildman–Crippen MR) is 68.3 cm³/mol. The Morgan fingerprint density at radius 3 is 3.05 bits per heavy atom. The Hall–Kier alpha value is -1.41. The molecule has 5 atom stereocenters. The minimum Gasteiger partial charge on any atom is -0.367 e. The van der Waals surface area contributed by atoms with Crippen LogP contribution in [0, 0.1) is 0 Å². The van der Waals surface area contributed by atoms with Crippen molar-refractivity contribution >= 4 is 8.03 Å². The standard InChI is InChI=1S/C11H12FN2O6P/c1-21(17)19-5-11-4-18-7(8(11)12)9(20-11)14-3-2-6(15)13-10(14)16/h2-3,7-9H,4-5H2,1H3/p+1/t7-,8+,9-,11-/m1/s1. The van der Waals surface area contributed by atoms with Crippen molar-refractivity contribution in [2.45, 2.75) is 24.1 Å². The van der Waals surface area contributed by atoms with E-state index in [0.29, 0.717) is 0 Å². The first kappa shape index (κ1) is 14.5. The van der Waals surface area contributed by atoms with Gasteiger partial charge in [0.05, 0.1) is 6.61 Å². The molecule has 3 rings (SSSR count). The number of ether oxygens (including phenoxy) is 2. The van der Waals surface area contributed by atoms with Crippen LogP contribution in [0.5, 0.6) is 0 Å². The molecule has 0 saturated carbocycles. The molecular formula is C11H13FN2O6P+. The molecule has 2 aliphatic rings. The number of halogens is 1. The average Bonchev–Trinajstić information content (AvgIpc) is 2.87. The van der Waals surface area contributed by atoms with Gasteiger partial charge in [0.1, 0.15) is 12.7 Å². The molecule has 3 heterocycles. The Morgan fingerprint density at radius 2 is 2.38 bits per heavy atom. The summed E-state index contributed by atoms with van der Waals surface area (Å²) in [5.74, 6) is 0. The predicted octanol–water partition coefficient (Wildman–Crippen LogP) is -0.0701. The minimum absolute atomic E-state index is 0.0450. The number of nitrogens with zero attached hydrogens (tertiary/aromatic N) is 1. The molecule has 1 N–H and O–H groups in total. The summed E-state index contributed by atoms with van der Waals surface area (Å²) in [7, 11) is -1.90. The first-order valence-corrected chi connectivity index (χ1v) is 7.84. The van der Waals surface area contributed by atoms with Crippen LogP contribution in [-0.4, -0.2) is 47.3 Å². The third-order valence-electron chi connectivity index (χ3n) is 3.56. The first-order chi connectivity index (χ1) is 9.93. The maximum atomic E-state index is 14.4. The van der Waals surface area contributed by atoms with Gasteiger partial charge in [0.25, 0.3) is 5.56 Å². The van der Waals surface area contributed by atoms with Gasteiger partial charge in [-0.05, 0) is 4.57 Å². The smallest absolute Gasteiger partial charge is 0.367 e. The molecule has 2 bridgehead atoms. The molecule has 0 radical (unpaired) electrons. The second-order valence-electron chi connectivity index (χ2n) is 4.98. The van der Waals surface area contributed by atoms with Gasteiger partial charge >= 0.3 is 13.7 Å². The van der Waals surface area contributed by atoms with Crippen molar-refractivity contribution in [3.8, 4) is 0 Å². The Labute approximate surface area is 118 Å². The molecule has 0 aliphatic carbocycles. The number of hydrogen-bond donors (Lipinski definition) is 1. The normalized spacial score (nSPS) is 35.1. The van der Waals surface area contributed by atoms with Crippen molar-refractivity contribution in [3.05, 3.63) is 33.1 Å². The van der Waals surface area contributed by atoms with E-state index >= 15 is 0 Å². The molecule has 21 heavy (non-hydrogen) atoms. The number of H-pyrrole nitrogens is 1. The van der Waals surface area contributed by atoms with E-state index in [9.17, 15) is 18.5 Å². The lowest BCUT2D eigenvalue weighted by molar-refractivity contribution is -0.183. The van der Waals surface area contributed by atoms with E-state index in [4.69, 9.17) is 14.0 Å². The van der Waals surface area contributed by atoms with Crippen LogP contribution in [0.1, 0.15) is 6.23 Å². The van der Waals surface area contributed by atoms with Crippen molar-refractivity contribution in [2.24, 2.45) is 0 Å². The summed E-state index contributed by atoms with van der Waals surface area (Å²) < 4.78 is 42.4. The van der Waals surface area contributed by atoms with Gasteiger partial charge in [0.2, 0.25) is 0 Å². The van der Waals surface area contributed by atoms with Crippen LogP contribution in [0.3, 0.4) is 0 Å². The van der Waals surface area contributed by atoms with Gasteiger partial charge in [-0.3, -0.25) is 14.3 Å². The fraction of sp³-hybridized carbons (Fsp3) is 0.636. The monoisotopic (exact) mass is 319 g/mol. The van der Waals surface area contributed by atoms with E-state index in [-0.39, 0.29) is 13.2 Å². The van der Waals surface area contributed by atoms with Crippen molar-refractivity contribution in [1.29, 1.82) is 0 Å². The summed E-state index contributed by atoms with van der Waals surface area (Å²) in [5, 5.41) is 0. The maximum absolute atomic E-state index is 14.4. The molecule has 1 aromatic rings. The summed E-state index contributed by atoms with van der Waals surface area (Å²) in [5.41, 5.74) is -2.65. The molecule has 0 amide bonds. The number of aromatic nitrogens is 2. The number of fused-ring (bicyclic) bond motifs is 2. The second-order valence-corrected chi connectivity index (χ2v) is 6.12. The fourth-order valence-corrected chi connectivity index (χ4v) is 2.93. The lowest BCUT2D eigenvalue weighted by atomic mass is 10.0. The van der Waals surface area contributed by atoms with Gasteiger partial charge < -0.3 is 9.47 Å². The second kappa shape index (κ2) is 5.10. The quantitative estimate of drug-likeness (QED) is 0.780. The molecule has 0 aromatic carbocycles. The summed E-state index contributed by atoms with van der Waals surface area (Å²) in [6.07, 6.45) is -2.28. The summed E-state index contributed by atoms with van der Waals surface area (Å²) in [4.78, 5) is 24.9. The van der Waals surface area contributed by atoms with E-state index in [2.05, 4.69) is 4.98 Å². The first-order valence-electron chi connectivity index (χ1n) is 6.22. The molecule has 2 fully saturated rings. The maximum Gasteiger partial charge on any atom is 0.504 e. The van der Waals surface area contributed by atoms with Crippen LogP contribution in [-0.2, 0) is 18.6 Å². The number of aromatic amines is 1. The zero-order valence-electron chi connectivity index (χ0n) is 11.0. The topological polar surface area (TPSA) is 99.6 Å². The largest absolute Gasteiger partial charge is 0.504 e. The Morgan fingerprint density at radius 1 is 1.62 bits per heavy atom. The van der Waals surface area contributed by atoms with Crippen LogP contribution in [0.4, 0.5) is 4.39 Å².